The summed E-state index contributed by atoms with van der Waals surface area (Å²) < 4.78 is 1.14. The molecule has 0 saturated carbocycles. The highest BCUT2D eigenvalue weighted by Crippen LogP contribution is 2.39. The third-order valence-corrected chi connectivity index (χ3v) is 5.56. The van der Waals surface area contributed by atoms with Gasteiger partial charge in [0.2, 0.25) is 0 Å². The molecular formula is C17H18BrNS. The Morgan fingerprint density at radius 2 is 2.10 bits per heavy atom. The molecule has 0 saturated heterocycles. The van der Waals surface area contributed by atoms with E-state index in [0.717, 1.165) is 11.0 Å². The largest absolute Gasteiger partial charge is 0.310 e. The second-order valence-electron chi connectivity index (χ2n) is 5.23. The van der Waals surface area contributed by atoms with Crippen LogP contribution < -0.4 is 5.32 Å². The van der Waals surface area contributed by atoms with E-state index in [9.17, 15) is 0 Å². The third kappa shape index (κ3) is 3.11. The van der Waals surface area contributed by atoms with Gasteiger partial charge in [0.1, 0.15) is 0 Å². The van der Waals surface area contributed by atoms with Crippen molar-refractivity contribution in [3.63, 3.8) is 0 Å². The number of thioether (sulfide) groups is 1. The summed E-state index contributed by atoms with van der Waals surface area (Å²) in [6, 6.07) is 17.7. The first-order chi connectivity index (χ1) is 9.74. The first-order valence-corrected chi connectivity index (χ1v) is 8.72. The minimum atomic E-state index is 0.380. The minimum absolute atomic E-state index is 0.380. The molecule has 3 heteroatoms. The van der Waals surface area contributed by atoms with Gasteiger partial charge in [-0.25, -0.2) is 0 Å². The number of halogens is 1. The van der Waals surface area contributed by atoms with Crippen LogP contribution in [0.15, 0.2) is 57.9 Å². The van der Waals surface area contributed by atoms with Gasteiger partial charge in [0.15, 0.2) is 0 Å². The lowest BCUT2D eigenvalue weighted by Crippen LogP contribution is -2.24. The van der Waals surface area contributed by atoms with Crippen LogP contribution in [0.1, 0.15) is 30.0 Å². The van der Waals surface area contributed by atoms with E-state index in [-0.39, 0.29) is 0 Å². The summed E-state index contributed by atoms with van der Waals surface area (Å²) in [5.41, 5.74) is 2.84. The second kappa shape index (κ2) is 6.33. The summed E-state index contributed by atoms with van der Waals surface area (Å²) in [6.45, 7) is 3.27. The molecule has 2 aromatic carbocycles. The van der Waals surface area contributed by atoms with Crippen molar-refractivity contribution in [2.24, 2.45) is 0 Å². The molecule has 1 N–H and O–H groups in total. The van der Waals surface area contributed by atoms with Gasteiger partial charge < -0.3 is 5.32 Å². The average molecular weight is 348 g/mol. The summed E-state index contributed by atoms with van der Waals surface area (Å²) in [5, 5.41) is 3.67. The van der Waals surface area contributed by atoms with E-state index in [2.05, 4.69) is 76.7 Å². The molecule has 0 aromatic heterocycles. The maximum atomic E-state index is 3.67. The third-order valence-electron chi connectivity index (χ3n) is 3.82. The molecular weight excluding hydrogens is 330 g/mol. The van der Waals surface area contributed by atoms with Crippen LogP contribution in [0.5, 0.6) is 0 Å². The first kappa shape index (κ1) is 14.2. The fraction of sp³-hybridized carbons (Fsp3) is 0.294. The molecule has 1 heterocycles. The second-order valence-corrected chi connectivity index (χ2v) is 7.21. The van der Waals surface area contributed by atoms with Crippen LogP contribution in [0.4, 0.5) is 0 Å². The lowest BCUT2D eigenvalue weighted by atomic mass is 10.0. The van der Waals surface area contributed by atoms with E-state index in [4.69, 9.17) is 0 Å². The van der Waals surface area contributed by atoms with E-state index < -0.39 is 0 Å². The monoisotopic (exact) mass is 347 g/mol. The molecule has 20 heavy (non-hydrogen) atoms. The topological polar surface area (TPSA) is 12.0 Å². The number of fused-ring (bicyclic) bond motifs is 1. The molecule has 2 aromatic rings. The predicted molar refractivity (Wildman–Crippen MR) is 90.5 cm³/mol. The summed E-state index contributed by atoms with van der Waals surface area (Å²) in [4.78, 5) is 1.45. The van der Waals surface area contributed by atoms with E-state index >= 15 is 0 Å². The van der Waals surface area contributed by atoms with Gasteiger partial charge in [-0.3, -0.25) is 0 Å². The normalized spacial score (nSPS) is 18.8. The molecule has 104 valence electrons. The predicted octanol–water partition coefficient (Wildman–Crippen LogP) is 4.99. The van der Waals surface area contributed by atoms with E-state index in [0.29, 0.717) is 12.0 Å². The number of hydrogen-bond acceptors (Lipinski definition) is 2. The minimum Gasteiger partial charge on any atom is -0.310 e. The fourth-order valence-electron chi connectivity index (χ4n) is 2.61. The van der Waals surface area contributed by atoms with Crippen molar-refractivity contribution in [2.75, 3.05) is 12.3 Å². The molecule has 3 rings (SSSR count). The van der Waals surface area contributed by atoms with Gasteiger partial charge in [-0.15, -0.1) is 11.8 Å². The summed E-state index contributed by atoms with van der Waals surface area (Å²) in [6.07, 6.45) is 0. The Balaban J connectivity index is 1.63. The van der Waals surface area contributed by atoms with Crippen molar-refractivity contribution < 1.29 is 0 Å². The van der Waals surface area contributed by atoms with Gasteiger partial charge in [0.05, 0.1) is 0 Å². The van der Waals surface area contributed by atoms with Crippen molar-refractivity contribution in [3.05, 3.63) is 64.1 Å². The Bertz CT molecular complexity index is 599. The van der Waals surface area contributed by atoms with Gasteiger partial charge >= 0.3 is 0 Å². The first-order valence-electron chi connectivity index (χ1n) is 6.94. The molecule has 1 nitrogen and oxygen atoms in total. The zero-order valence-electron chi connectivity index (χ0n) is 11.5. The van der Waals surface area contributed by atoms with Crippen LogP contribution in [0.3, 0.4) is 0 Å². The van der Waals surface area contributed by atoms with Crippen LogP contribution >= 0.6 is 27.7 Å². The van der Waals surface area contributed by atoms with Crippen molar-refractivity contribution in [3.8, 4) is 0 Å². The Kier molecular flexibility index (Phi) is 4.49. The van der Waals surface area contributed by atoms with Gasteiger partial charge in [0.25, 0.3) is 0 Å². The molecule has 0 amide bonds. The van der Waals surface area contributed by atoms with Gasteiger partial charge in [-0.1, -0.05) is 46.3 Å². The van der Waals surface area contributed by atoms with Crippen molar-refractivity contribution >= 4 is 27.7 Å². The number of hydrogen-bond donors (Lipinski definition) is 1. The molecule has 0 bridgehead atoms. The summed E-state index contributed by atoms with van der Waals surface area (Å²) in [5.74, 6) is 1.82. The lowest BCUT2D eigenvalue weighted by molar-refractivity contribution is 0.541. The fourth-order valence-corrected chi connectivity index (χ4v) is 4.28. The quantitative estimate of drug-likeness (QED) is 0.835. The maximum absolute atomic E-state index is 3.67. The van der Waals surface area contributed by atoms with Crippen molar-refractivity contribution in [2.45, 2.75) is 23.8 Å². The molecule has 2 atom stereocenters. The zero-order chi connectivity index (χ0) is 13.9. The molecule has 1 aliphatic rings. The number of benzene rings is 2. The Hall–Kier alpha value is -0.770. The standard InChI is InChI=1S/C17H18BrNS/c1-12(13-5-4-6-15(18)9-13)19-10-14-11-20-17-8-3-2-7-16(14)17/h2-9,12,14,19H,10-11H2,1H3/t12-,14?/m1/s1. The highest BCUT2D eigenvalue weighted by atomic mass is 79.9. The molecule has 1 unspecified atom stereocenters. The SMILES string of the molecule is C[C@@H](NCC1CSc2ccccc21)c1cccc(Br)c1. The van der Waals surface area contributed by atoms with Crippen molar-refractivity contribution in [1.29, 1.82) is 0 Å². The highest BCUT2D eigenvalue weighted by molar-refractivity contribution is 9.10. The zero-order valence-corrected chi connectivity index (χ0v) is 13.9. The van der Waals surface area contributed by atoms with Gasteiger partial charge in [0, 0.05) is 33.6 Å². The number of rotatable bonds is 4. The van der Waals surface area contributed by atoms with Gasteiger partial charge in [-0.2, -0.15) is 0 Å². The average Bonchev–Trinajstić information content (AvgIpc) is 2.88. The Morgan fingerprint density at radius 1 is 1.25 bits per heavy atom. The summed E-state index contributed by atoms with van der Waals surface area (Å²) >= 11 is 5.52. The van der Waals surface area contributed by atoms with Crippen LogP contribution in [-0.4, -0.2) is 12.3 Å². The van der Waals surface area contributed by atoms with Crippen molar-refractivity contribution in [1.82, 2.24) is 5.32 Å². The highest BCUT2D eigenvalue weighted by Gasteiger charge is 2.22. The summed E-state index contributed by atoms with van der Waals surface area (Å²) in [7, 11) is 0. The van der Waals surface area contributed by atoms with E-state index in [1.807, 2.05) is 11.8 Å². The smallest absolute Gasteiger partial charge is 0.0292 e. The van der Waals surface area contributed by atoms with Crippen LogP contribution in [-0.2, 0) is 0 Å². The van der Waals surface area contributed by atoms with Gasteiger partial charge in [-0.05, 0) is 36.2 Å². The van der Waals surface area contributed by atoms with E-state index in [1.165, 1.54) is 21.8 Å². The Morgan fingerprint density at radius 3 is 2.95 bits per heavy atom. The van der Waals surface area contributed by atoms with Crippen LogP contribution in [0.25, 0.3) is 0 Å². The molecule has 0 fully saturated rings. The number of nitrogens with one attached hydrogen (secondary N) is 1. The van der Waals surface area contributed by atoms with Crippen LogP contribution in [0, 0.1) is 0 Å². The molecule has 0 spiro atoms. The van der Waals surface area contributed by atoms with E-state index in [1.54, 1.807) is 0 Å². The van der Waals surface area contributed by atoms with Crippen LogP contribution in [0.2, 0.25) is 0 Å². The molecule has 0 aliphatic carbocycles. The lowest BCUT2D eigenvalue weighted by Gasteiger charge is -2.18. The molecule has 0 radical (unpaired) electrons. The molecule has 1 aliphatic heterocycles. The Labute approximate surface area is 133 Å². The maximum Gasteiger partial charge on any atom is 0.0292 e.